The summed E-state index contributed by atoms with van der Waals surface area (Å²) >= 11 is 0. The maximum atomic E-state index is 14.1. The molecule has 1 aromatic carbocycles. The molecule has 0 spiro atoms. The Morgan fingerprint density at radius 1 is 1.33 bits per heavy atom. The number of carbonyl (C=O) groups is 1. The highest BCUT2D eigenvalue weighted by molar-refractivity contribution is 6.00. The van der Waals surface area contributed by atoms with Gasteiger partial charge in [0.05, 0.1) is 11.3 Å². The number of rotatable bonds is 4. The van der Waals surface area contributed by atoms with Crippen molar-refractivity contribution in [1.29, 1.82) is 0 Å². The first-order valence-corrected chi connectivity index (χ1v) is 7.91. The maximum absolute atomic E-state index is 14.1. The zero-order chi connectivity index (χ0) is 15.4. The first-order valence-electron chi connectivity index (χ1n) is 7.91. The number of nitrogens with zero attached hydrogens (tertiary/aromatic N) is 1. The Bertz CT molecular complexity index is 494. The highest BCUT2D eigenvalue weighted by Gasteiger charge is 2.31. The van der Waals surface area contributed by atoms with Crippen molar-refractivity contribution in [1.82, 2.24) is 4.90 Å². The van der Waals surface area contributed by atoms with Crippen LogP contribution in [0.1, 0.15) is 56.8 Å². The van der Waals surface area contributed by atoms with Gasteiger partial charge < -0.3 is 10.2 Å². The standard InChI is InChI=1S/C17H25FN2O/c1-4-11-19-16-14(9-6-10-15(16)18)17(21)20-12(2)7-5-8-13(20)3/h6,9-10,12-13,19H,4-5,7-8,11H2,1-3H3/t12-,13+. The number of nitrogens with one attached hydrogen (secondary N) is 1. The molecular formula is C17H25FN2O. The van der Waals surface area contributed by atoms with Crippen molar-refractivity contribution in [3.8, 4) is 0 Å². The molecule has 1 amide bonds. The van der Waals surface area contributed by atoms with Crippen LogP contribution < -0.4 is 5.32 Å². The van der Waals surface area contributed by atoms with E-state index >= 15 is 0 Å². The summed E-state index contributed by atoms with van der Waals surface area (Å²) in [7, 11) is 0. The van der Waals surface area contributed by atoms with Gasteiger partial charge in [-0.3, -0.25) is 4.79 Å². The van der Waals surface area contributed by atoms with Gasteiger partial charge in [-0.05, 0) is 51.7 Å². The molecule has 0 aliphatic carbocycles. The van der Waals surface area contributed by atoms with Gasteiger partial charge in [0.15, 0.2) is 0 Å². The van der Waals surface area contributed by atoms with Gasteiger partial charge in [0.1, 0.15) is 5.82 Å². The lowest BCUT2D eigenvalue weighted by Gasteiger charge is -2.39. The summed E-state index contributed by atoms with van der Waals surface area (Å²) in [5.74, 6) is -0.417. The second-order valence-electron chi connectivity index (χ2n) is 5.93. The molecule has 1 heterocycles. The second-order valence-corrected chi connectivity index (χ2v) is 5.93. The minimum atomic E-state index is -0.355. The molecule has 1 saturated heterocycles. The Kier molecular flexibility index (Phi) is 5.21. The topological polar surface area (TPSA) is 32.3 Å². The lowest BCUT2D eigenvalue weighted by atomic mass is 9.96. The Balaban J connectivity index is 2.31. The van der Waals surface area contributed by atoms with Crippen LogP contribution in [0.4, 0.5) is 10.1 Å². The van der Waals surface area contributed by atoms with Crippen molar-refractivity contribution in [2.75, 3.05) is 11.9 Å². The van der Waals surface area contributed by atoms with Crippen LogP contribution in [0.25, 0.3) is 0 Å². The van der Waals surface area contributed by atoms with Gasteiger partial charge >= 0.3 is 0 Å². The minimum absolute atomic E-state index is 0.0622. The van der Waals surface area contributed by atoms with Crippen LogP contribution in [0.5, 0.6) is 0 Å². The molecule has 0 aromatic heterocycles. The van der Waals surface area contributed by atoms with Gasteiger partial charge in [0.2, 0.25) is 0 Å². The van der Waals surface area contributed by atoms with E-state index in [0.717, 1.165) is 25.7 Å². The molecule has 0 radical (unpaired) electrons. The van der Waals surface area contributed by atoms with Gasteiger partial charge in [0, 0.05) is 18.6 Å². The summed E-state index contributed by atoms with van der Waals surface area (Å²) in [6.07, 6.45) is 4.07. The number of amides is 1. The van der Waals surface area contributed by atoms with E-state index in [4.69, 9.17) is 0 Å². The molecule has 2 atom stereocenters. The van der Waals surface area contributed by atoms with Crippen LogP contribution in [0.15, 0.2) is 18.2 Å². The molecule has 21 heavy (non-hydrogen) atoms. The van der Waals surface area contributed by atoms with Crippen LogP contribution in [0.3, 0.4) is 0 Å². The molecule has 0 saturated carbocycles. The van der Waals surface area contributed by atoms with Gasteiger partial charge in [-0.1, -0.05) is 13.0 Å². The number of hydrogen-bond donors (Lipinski definition) is 1. The van der Waals surface area contributed by atoms with Crippen LogP contribution in [0, 0.1) is 5.82 Å². The summed E-state index contributed by atoms with van der Waals surface area (Å²) in [5, 5.41) is 3.06. The van der Waals surface area contributed by atoms with E-state index < -0.39 is 0 Å². The molecule has 3 nitrogen and oxygen atoms in total. The first kappa shape index (κ1) is 15.8. The van der Waals surface area contributed by atoms with E-state index in [1.165, 1.54) is 6.07 Å². The van der Waals surface area contributed by atoms with Crippen LogP contribution in [0.2, 0.25) is 0 Å². The third-order valence-corrected chi connectivity index (χ3v) is 4.22. The molecule has 2 rings (SSSR count). The second kappa shape index (κ2) is 6.92. The Morgan fingerprint density at radius 2 is 2.00 bits per heavy atom. The van der Waals surface area contributed by atoms with Gasteiger partial charge in [-0.15, -0.1) is 0 Å². The highest BCUT2D eigenvalue weighted by atomic mass is 19.1. The van der Waals surface area contributed by atoms with E-state index in [0.29, 0.717) is 17.8 Å². The van der Waals surface area contributed by atoms with Crippen molar-refractivity contribution in [2.45, 2.75) is 58.5 Å². The lowest BCUT2D eigenvalue weighted by Crippen LogP contribution is -2.47. The molecule has 0 bridgehead atoms. The maximum Gasteiger partial charge on any atom is 0.256 e. The monoisotopic (exact) mass is 292 g/mol. The molecule has 1 N–H and O–H groups in total. The Labute approximate surface area is 126 Å². The first-order chi connectivity index (χ1) is 10.1. The van der Waals surface area contributed by atoms with Crippen molar-refractivity contribution in [3.05, 3.63) is 29.6 Å². The number of piperidine rings is 1. The molecule has 4 heteroatoms. The molecular weight excluding hydrogens is 267 g/mol. The number of hydrogen-bond acceptors (Lipinski definition) is 2. The van der Waals surface area contributed by atoms with Crippen molar-refractivity contribution < 1.29 is 9.18 Å². The lowest BCUT2D eigenvalue weighted by molar-refractivity contribution is 0.0511. The summed E-state index contributed by atoms with van der Waals surface area (Å²) in [4.78, 5) is 14.8. The largest absolute Gasteiger partial charge is 0.382 e. The predicted molar refractivity (Wildman–Crippen MR) is 84.1 cm³/mol. The molecule has 1 aromatic rings. The zero-order valence-electron chi connectivity index (χ0n) is 13.2. The minimum Gasteiger partial charge on any atom is -0.382 e. The van der Waals surface area contributed by atoms with Crippen LogP contribution >= 0.6 is 0 Å². The SMILES string of the molecule is CCCNc1c(F)cccc1C(=O)N1[C@H](C)CCC[C@@H]1C. The van der Waals surface area contributed by atoms with Crippen LogP contribution in [-0.4, -0.2) is 29.4 Å². The summed E-state index contributed by atoms with van der Waals surface area (Å²) in [5.41, 5.74) is 0.790. The van der Waals surface area contributed by atoms with Gasteiger partial charge in [0.25, 0.3) is 5.91 Å². The Morgan fingerprint density at radius 3 is 2.62 bits per heavy atom. The average molecular weight is 292 g/mol. The fraction of sp³-hybridized carbons (Fsp3) is 0.588. The number of para-hydroxylation sites is 1. The number of likely N-dealkylation sites (tertiary alicyclic amines) is 1. The van der Waals surface area contributed by atoms with E-state index in [2.05, 4.69) is 19.2 Å². The number of halogens is 1. The summed E-state index contributed by atoms with van der Waals surface area (Å²) in [6.45, 7) is 6.83. The quantitative estimate of drug-likeness (QED) is 0.908. The molecule has 1 fully saturated rings. The fourth-order valence-corrected chi connectivity index (χ4v) is 3.09. The number of anilines is 1. The highest BCUT2D eigenvalue weighted by Crippen LogP contribution is 2.28. The number of benzene rings is 1. The van der Waals surface area contributed by atoms with Crippen molar-refractivity contribution in [2.24, 2.45) is 0 Å². The summed E-state index contributed by atoms with van der Waals surface area (Å²) in [6, 6.07) is 5.15. The number of carbonyl (C=O) groups excluding carboxylic acids is 1. The van der Waals surface area contributed by atoms with Gasteiger partial charge in [-0.25, -0.2) is 4.39 Å². The van der Waals surface area contributed by atoms with E-state index in [1.807, 2.05) is 11.8 Å². The smallest absolute Gasteiger partial charge is 0.256 e. The third kappa shape index (κ3) is 3.36. The van der Waals surface area contributed by atoms with E-state index in [9.17, 15) is 9.18 Å². The van der Waals surface area contributed by atoms with Gasteiger partial charge in [-0.2, -0.15) is 0 Å². The third-order valence-electron chi connectivity index (χ3n) is 4.22. The van der Waals surface area contributed by atoms with Crippen molar-refractivity contribution >= 4 is 11.6 Å². The van der Waals surface area contributed by atoms with E-state index in [-0.39, 0.29) is 23.8 Å². The molecule has 0 unspecified atom stereocenters. The molecule has 116 valence electrons. The molecule has 1 aliphatic heterocycles. The van der Waals surface area contributed by atoms with E-state index in [1.54, 1.807) is 12.1 Å². The van der Waals surface area contributed by atoms with Crippen molar-refractivity contribution in [3.63, 3.8) is 0 Å². The fourth-order valence-electron chi connectivity index (χ4n) is 3.09. The summed E-state index contributed by atoms with van der Waals surface area (Å²) < 4.78 is 14.1. The Hall–Kier alpha value is -1.58. The van der Waals surface area contributed by atoms with Crippen LogP contribution in [-0.2, 0) is 0 Å². The average Bonchev–Trinajstić information content (AvgIpc) is 2.45. The normalized spacial score (nSPS) is 22.2. The zero-order valence-corrected chi connectivity index (χ0v) is 13.2. The predicted octanol–water partition coefficient (Wildman–Crippen LogP) is 4.05. The molecule has 1 aliphatic rings.